The molecule has 28 heavy (non-hydrogen) atoms. The van der Waals surface area contributed by atoms with E-state index in [9.17, 15) is 0 Å². The Morgan fingerprint density at radius 3 is 2.32 bits per heavy atom. The Bertz CT molecular complexity index is 901. The predicted molar refractivity (Wildman–Crippen MR) is 103 cm³/mol. The quantitative estimate of drug-likeness (QED) is 0.476. The van der Waals surface area contributed by atoms with Crippen LogP contribution in [0.25, 0.3) is 10.9 Å². The van der Waals surface area contributed by atoms with E-state index in [1.54, 1.807) is 14.2 Å². The van der Waals surface area contributed by atoms with Gasteiger partial charge in [0.05, 0.1) is 18.7 Å². The van der Waals surface area contributed by atoms with Crippen molar-refractivity contribution in [3.63, 3.8) is 0 Å². The third-order valence-electron chi connectivity index (χ3n) is 3.89. The summed E-state index contributed by atoms with van der Waals surface area (Å²) in [5, 5.41) is 10.9. The van der Waals surface area contributed by atoms with Crippen LogP contribution in [0.5, 0.6) is 11.5 Å². The lowest BCUT2D eigenvalue weighted by Gasteiger charge is -2.14. The van der Waals surface area contributed by atoms with Crippen LogP contribution in [0, 0.1) is 0 Å². The minimum Gasteiger partial charge on any atom is -0.487 e. The van der Waals surface area contributed by atoms with Gasteiger partial charge in [-0.15, -0.1) is 5.10 Å². The minimum absolute atomic E-state index is 0.389. The molecule has 2 heterocycles. The molecule has 0 amide bonds. The van der Waals surface area contributed by atoms with Gasteiger partial charge in [-0.25, -0.2) is 9.97 Å². The Morgan fingerprint density at radius 1 is 0.964 bits per heavy atom. The fourth-order valence-corrected chi connectivity index (χ4v) is 2.47. The number of ether oxygens (including phenoxy) is 4. The van der Waals surface area contributed by atoms with Gasteiger partial charge in [0.1, 0.15) is 31.2 Å². The number of aromatic amines is 1. The zero-order valence-corrected chi connectivity index (χ0v) is 16.2. The van der Waals surface area contributed by atoms with Crippen LogP contribution in [0.15, 0.2) is 18.5 Å². The molecule has 0 unspecified atom stereocenters. The van der Waals surface area contributed by atoms with E-state index in [1.807, 2.05) is 19.1 Å². The van der Waals surface area contributed by atoms with Gasteiger partial charge in [0, 0.05) is 32.1 Å². The fraction of sp³-hybridized carbons (Fsp3) is 0.444. The highest BCUT2D eigenvalue weighted by Crippen LogP contribution is 2.34. The summed E-state index contributed by atoms with van der Waals surface area (Å²) in [7, 11) is 3.25. The Labute approximate surface area is 162 Å². The zero-order valence-electron chi connectivity index (χ0n) is 16.2. The van der Waals surface area contributed by atoms with E-state index in [-0.39, 0.29) is 0 Å². The average Bonchev–Trinajstić information content (AvgIpc) is 3.16. The first-order chi connectivity index (χ1) is 13.7. The summed E-state index contributed by atoms with van der Waals surface area (Å²) in [5.41, 5.74) is 0.704. The normalized spacial score (nSPS) is 11.0. The number of aromatic nitrogens is 5. The van der Waals surface area contributed by atoms with Crippen molar-refractivity contribution in [3.8, 4) is 11.5 Å². The van der Waals surface area contributed by atoms with Gasteiger partial charge in [-0.1, -0.05) is 6.92 Å². The van der Waals surface area contributed by atoms with Crippen LogP contribution >= 0.6 is 0 Å². The maximum atomic E-state index is 5.83. The van der Waals surface area contributed by atoms with Crippen LogP contribution in [0.2, 0.25) is 0 Å². The third-order valence-corrected chi connectivity index (χ3v) is 3.89. The molecule has 10 nitrogen and oxygen atoms in total. The van der Waals surface area contributed by atoms with Crippen LogP contribution < -0.4 is 14.8 Å². The minimum atomic E-state index is 0.389. The Kier molecular flexibility index (Phi) is 6.93. The van der Waals surface area contributed by atoms with Crippen LogP contribution in [0.3, 0.4) is 0 Å². The van der Waals surface area contributed by atoms with Gasteiger partial charge in [-0.3, -0.25) is 5.10 Å². The van der Waals surface area contributed by atoms with E-state index in [2.05, 4.69) is 30.5 Å². The van der Waals surface area contributed by atoms with E-state index in [4.69, 9.17) is 18.9 Å². The second-order valence-electron chi connectivity index (χ2n) is 5.81. The lowest BCUT2D eigenvalue weighted by Crippen LogP contribution is -2.09. The van der Waals surface area contributed by atoms with Gasteiger partial charge >= 0.3 is 0 Å². The first kappa shape index (κ1) is 19.8. The number of nitrogens with one attached hydrogen (secondary N) is 2. The second-order valence-corrected chi connectivity index (χ2v) is 5.81. The van der Waals surface area contributed by atoms with E-state index >= 15 is 0 Å². The molecule has 1 aromatic carbocycles. The van der Waals surface area contributed by atoms with Gasteiger partial charge in [0.15, 0.2) is 11.5 Å². The van der Waals surface area contributed by atoms with E-state index in [1.165, 1.54) is 6.33 Å². The summed E-state index contributed by atoms with van der Waals surface area (Å²) < 4.78 is 21.7. The van der Waals surface area contributed by atoms with Crippen molar-refractivity contribution in [3.05, 3.63) is 24.3 Å². The summed E-state index contributed by atoms with van der Waals surface area (Å²) in [5.74, 6) is 2.96. The molecular formula is C18H24N6O4. The Hall–Kier alpha value is -2.98. The fourth-order valence-electron chi connectivity index (χ4n) is 2.47. The van der Waals surface area contributed by atoms with Crippen LogP contribution in [-0.2, 0) is 15.9 Å². The molecule has 0 radical (unpaired) electrons. The summed E-state index contributed by atoms with van der Waals surface area (Å²) in [4.78, 5) is 13.0. The van der Waals surface area contributed by atoms with Crippen LogP contribution in [-0.4, -0.2) is 65.8 Å². The monoisotopic (exact) mass is 388 g/mol. The number of methoxy groups -OCH3 is 2. The highest BCUT2D eigenvalue weighted by Gasteiger charge is 2.14. The number of fused-ring (bicyclic) bond motifs is 1. The van der Waals surface area contributed by atoms with Crippen LogP contribution in [0.1, 0.15) is 12.7 Å². The highest BCUT2D eigenvalue weighted by atomic mass is 16.5. The Morgan fingerprint density at radius 2 is 1.68 bits per heavy atom. The summed E-state index contributed by atoms with van der Waals surface area (Å²) >= 11 is 0. The molecule has 150 valence electrons. The number of nitrogens with zero attached hydrogens (tertiary/aromatic N) is 4. The molecule has 10 heteroatoms. The van der Waals surface area contributed by atoms with E-state index < -0.39 is 0 Å². The van der Waals surface area contributed by atoms with Crippen molar-refractivity contribution in [1.29, 1.82) is 0 Å². The number of hydrogen-bond acceptors (Lipinski definition) is 9. The number of hydrogen-bond donors (Lipinski definition) is 2. The number of benzene rings is 1. The second kappa shape index (κ2) is 9.81. The highest BCUT2D eigenvalue weighted by molar-refractivity contribution is 5.92. The van der Waals surface area contributed by atoms with Crippen molar-refractivity contribution in [2.45, 2.75) is 13.3 Å². The van der Waals surface area contributed by atoms with Crippen molar-refractivity contribution in [2.24, 2.45) is 0 Å². The largest absolute Gasteiger partial charge is 0.487 e. The SMILES string of the molecule is CCc1nc(Nc2ncnc3cc(OCCOC)c(OCCOC)cc23)n[nH]1. The molecule has 0 bridgehead atoms. The molecule has 0 spiro atoms. The van der Waals surface area contributed by atoms with Gasteiger partial charge in [0.2, 0.25) is 5.95 Å². The molecule has 3 aromatic rings. The summed E-state index contributed by atoms with van der Waals surface area (Å²) in [6.07, 6.45) is 2.24. The molecule has 3 rings (SSSR count). The molecule has 0 aliphatic rings. The molecule has 0 atom stereocenters. The number of anilines is 2. The molecular weight excluding hydrogens is 364 g/mol. The third kappa shape index (κ3) is 4.84. The van der Waals surface area contributed by atoms with Gasteiger partial charge in [-0.2, -0.15) is 4.98 Å². The van der Waals surface area contributed by atoms with Gasteiger partial charge in [-0.05, 0) is 6.07 Å². The van der Waals surface area contributed by atoms with E-state index in [0.29, 0.717) is 55.2 Å². The van der Waals surface area contributed by atoms with Crippen molar-refractivity contribution in [2.75, 3.05) is 46.0 Å². The lowest BCUT2D eigenvalue weighted by molar-refractivity contribution is 0.132. The molecule has 0 saturated heterocycles. The average molecular weight is 388 g/mol. The number of rotatable bonds is 11. The van der Waals surface area contributed by atoms with Gasteiger partial charge in [0.25, 0.3) is 0 Å². The van der Waals surface area contributed by atoms with Crippen LogP contribution in [0.4, 0.5) is 11.8 Å². The number of aryl methyl sites for hydroxylation is 1. The molecule has 0 aliphatic heterocycles. The Balaban J connectivity index is 1.92. The maximum absolute atomic E-state index is 5.83. The summed E-state index contributed by atoms with van der Waals surface area (Å²) in [6, 6.07) is 3.65. The molecule has 2 N–H and O–H groups in total. The van der Waals surface area contributed by atoms with Gasteiger partial charge < -0.3 is 24.3 Å². The van der Waals surface area contributed by atoms with Crippen molar-refractivity contribution in [1.82, 2.24) is 25.1 Å². The topological polar surface area (TPSA) is 116 Å². The van der Waals surface area contributed by atoms with Crippen molar-refractivity contribution < 1.29 is 18.9 Å². The first-order valence-electron chi connectivity index (χ1n) is 8.95. The van der Waals surface area contributed by atoms with Crippen molar-refractivity contribution >= 4 is 22.7 Å². The smallest absolute Gasteiger partial charge is 0.247 e. The first-order valence-corrected chi connectivity index (χ1v) is 8.95. The maximum Gasteiger partial charge on any atom is 0.247 e. The standard InChI is InChI=1S/C18H24N6O4/c1-4-16-21-18(24-23-16)22-17-12-9-14(27-7-5-25-2)15(28-8-6-26-3)10-13(12)19-11-20-17/h9-11H,4-8H2,1-3H3,(H2,19,20,21,22,23,24). The summed E-state index contributed by atoms with van der Waals surface area (Å²) in [6.45, 7) is 3.72. The number of H-pyrrole nitrogens is 1. The zero-order chi connectivity index (χ0) is 19.8. The predicted octanol–water partition coefficient (Wildman–Crippen LogP) is 2.10. The lowest BCUT2D eigenvalue weighted by atomic mass is 10.2. The molecule has 2 aromatic heterocycles. The molecule has 0 fully saturated rings. The van der Waals surface area contributed by atoms with E-state index in [0.717, 1.165) is 17.6 Å². The molecule has 0 aliphatic carbocycles. The molecule has 0 saturated carbocycles.